The fourth-order valence-corrected chi connectivity index (χ4v) is 2.88. The molecule has 1 atom stereocenters. The number of hydrogen-bond acceptors (Lipinski definition) is 5. The molecule has 8 heteroatoms. The van der Waals surface area contributed by atoms with E-state index >= 15 is 0 Å². The molecule has 0 aliphatic heterocycles. The quantitative estimate of drug-likeness (QED) is 0.601. The number of amides is 2. The molecule has 0 saturated heterocycles. The number of fused-ring (bicyclic) bond motifs is 1. The monoisotopic (exact) mass is 367 g/mol. The molecule has 3 N–H and O–H groups in total. The SMILES string of the molecule is COC(=O)Cc1[nH]nc2cc(NC(=O)N[C@H](C)c3ccccc3)nc(C)c12. The zero-order valence-electron chi connectivity index (χ0n) is 15.4. The number of H-pyrrole nitrogens is 1. The van der Waals surface area contributed by atoms with Crippen LogP contribution in [0, 0.1) is 6.92 Å². The van der Waals surface area contributed by atoms with Crippen molar-refractivity contribution in [2.24, 2.45) is 0 Å². The van der Waals surface area contributed by atoms with Crippen molar-refractivity contribution in [3.8, 4) is 0 Å². The van der Waals surface area contributed by atoms with E-state index in [1.807, 2.05) is 37.3 Å². The number of methoxy groups -OCH3 is 1. The normalized spacial score (nSPS) is 11.8. The van der Waals surface area contributed by atoms with Gasteiger partial charge >= 0.3 is 12.0 Å². The van der Waals surface area contributed by atoms with Crippen molar-refractivity contribution in [2.75, 3.05) is 12.4 Å². The number of rotatable bonds is 5. The number of nitrogens with one attached hydrogen (secondary N) is 3. The summed E-state index contributed by atoms with van der Waals surface area (Å²) < 4.78 is 4.69. The number of benzene rings is 1. The molecule has 1 aromatic carbocycles. The molecule has 3 rings (SSSR count). The van der Waals surface area contributed by atoms with Gasteiger partial charge < -0.3 is 10.1 Å². The standard InChI is InChI=1S/C19H21N5O3/c1-11(13-7-5-4-6-8-13)21-19(26)22-16-9-14-18(12(2)20-16)15(24-23-14)10-17(25)27-3/h4-9,11H,10H2,1-3H3,(H,23,24)(H2,20,21,22,26)/t11-/m1/s1. The Hall–Kier alpha value is -3.42. The number of aryl methyl sites for hydroxylation is 1. The minimum Gasteiger partial charge on any atom is -0.469 e. The molecule has 0 bridgehead atoms. The molecule has 0 saturated carbocycles. The van der Waals surface area contributed by atoms with Crippen molar-refractivity contribution in [3.63, 3.8) is 0 Å². The summed E-state index contributed by atoms with van der Waals surface area (Å²) in [6, 6.07) is 10.8. The van der Waals surface area contributed by atoms with E-state index in [0.717, 1.165) is 10.9 Å². The molecule has 0 aliphatic carbocycles. The zero-order chi connectivity index (χ0) is 19.4. The summed E-state index contributed by atoms with van der Waals surface area (Å²) in [5.41, 5.74) is 2.92. The van der Waals surface area contributed by atoms with Crippen molar-refractivity contribution >= 4 is 28.7 Å². The molecule has 2 amide bonds. The summed E-state index contributed by atoms with van der Waals surface area (Å²) in [7, 11) is 1.34. The number of anilines is 1. The zero-order valence-corrected chi connectivity index (χ0v) is 15.4. The lowest BCUT2D eigenvalue weighted by atomic mass is 10.1. The number of esters is 1. The highest BCUT2D eigenvalue weighted by Crippen LogP contribution is 2.23. The highest BCUT2D eigenvalue weighted by Gasteiger charge is 2.16. The molecule has 0 radical (unpaired) electrons. The van der Waals surface area contributed by atoms with E-state index in [2.05, 4.69) is 30.6 Å². The van der Waals surface area contributed by atoms with Gasteiger partial charge in [-0.15, -0.1) is 0 Å². The molecule has 0 aliphatic rings. The van der Waals surface area contributed by atoms with Crippen LogP contribution < -0.4 is 10.6 Å². The molecule has 2 aromatic heterocycles. The first-order valence-electron chi connectivity index (χ1n) is 8.51. The predicted molar refractivity (Wildman–Crippen MR) is 101 cm³/mol. The number of aromatic amines is 1. The van der Waals surface area contributed by atoms with E-state index in [-0.39, 0.29) is 24.5 Å². The van der Waals surface area contributed by atoms with Crippen molar-refractivity contribution in [1.29, 1.82) is 0 Å². The summed E-state index contributed by atoms with van der Waals surface area (Å²) in [5.74, 6) is 0.0188. The molecular formula is C19H21N5O3. The maximum absolute atomic E-state index is 12.3. The smallest absolute Gasteiger partial charge is 0.320 e. The van der Waals surface area contributed by atoms with Gasteiger partial charge in [0.15, 0.2) is 0 Å². The highest BCUT2D eigenvalue weighted by molar-refractivity contribution is 5.93. The summed E-state index contributed by atoms with van der Waals surface area (Å²) in [4.78, 5) is 28.2. The second kappa shape index (κ2) is 7.86. The Bertz CT molecular complexity index is 968. The number of hydrogen-bond donors (Lipinski definition) is 3. The van der Waals surface area contributed by atoms with E-state index in [1.165, 1.54) is 7.11 Å². The minimum atomic E-state index is -0.364. The molecule has 0 unspecified atom stereocenters. The van der Waals surface area contributed by atoms with Crippen molar-refractivity contribution in [2.45, 2.75) is 26.3 Å². The fourth-order valence-electron chi connectivity index (χ4n) is 2.88. The molecule has 2 heterocycles. The molecule has 140 valence electrons. The number of ether oxygens (including phenoxy) is 1. The van der Waals surface area contributed by atoms with Gasteiger partial charge in [-0.1, -0.05) is 30.3 Å². The summed E-state index contributed by atoms with van der Waals surface area (Å²) in [6.45, 7) is 3.71. The van der Waals surface area contributed by atoms with Gasteiger partial charge in [0, 0.05) is 11.5 Å². The van der Waals surface area contributed by atoms with Crippen LogP contribution >= 0.6 is 0 Å². The van der Waals surface area contributed by atoms with Crippen LogP contribution in [0.25, 0.3) is 10.9 Å². The van der Waals surface area contributed by atoms with Gasteiger partial charge in [-0.3, -0.25) is 15.2 Å². The number of nitrogens with zero attached hydrogens (tertiary/aromatic N) is 2. The van der Waals surface area contributed by atoms with Gasteiger partial charge in [-0.25, -0.2) is 9.78 Å². The Labute approximate surface area is 156 Å². The van der Waals surface area contributed by atoms with E-state index in [1.54, 1.807) is 13.0 Å². The fraction of sp³-hybridized carbons (Fsp3) is 0.263. The minimum absolute atomic E-state index is 0.0807. The third-order valence-corrected chi connectivity index (χ3v) is 4.23. The number of carbonyl (C=O) groups is 2. The van der Waals surface area contributed by atoms with Crippen LogP contribution in [-0.4, -0.2) is 34.3 Å². The van der Waals surface area contributed by atoms with Crippen LogP contribution in [0.15, 0.2) is 36.4 Å². The Morgan fingerprint density at radius 3 is 2.70 bits per heavy atom. The van der Waals surface area contributed by atoms with Crippen molar-refractivity contribution in [1.82, 2.24) is 20.5 Å². The number of carbonyl (C=O) groups excluding carboxylic acids is 2. The van der Waals surface area contributed by atoms with E-state index in [0.29, 0.717) is 22.7 Å². The average molecular weight is 367 g/mol. The van der Waals surface area contributed by atoms with Gasteiger partial charge in [0.25, 0.3) is 0 Å². The van der Waals surface area contributed by atoms with Gasteiger partial charge in [0.05, 0.1) is 36.5 Å². The average Bonchev–Trinajstić information content (AvgIpc) is 3.05. The second-order valence-electron chi connectivity index (χ2n) is 6.17. The summed E-state index contributed by atoms with van der Waals surface area (Å²) in [6.07, 6.45) is 0.0807. The summed E-state index contributed by atoms with van der Waals surface area (Å²) in [5, 5.41) is 13.4. The molecule has 8 nitrogen and oxygen atoms in total. The Morgan fingerprint density at radius 1 is 1.26 bits per heavy atom. The predicted octanol–water partition coefficient (Wildman–Crippen LogP) is 2.86. The largest absolute Gasteiger partial charge is 0.469 e. The van der Waals surface area contributed by atoms with Crippen LogP contribution in [0.4, 0.5) is 10.6 Å². The van der Waals surface area contributed by atoms with Crippen molar-refractivity contribution < 1.29 is 14.3 Å². The third kappa shape index (κ3) is 4.22. The van der Waals surface area contributed by atoms with Crippen LogP contribution in [0.1, 0.15) is 29.9 Å². The molecular weight excluding hydrogens is 346 g/mol. The lowest BCUT2D eigenvalue weighted by molar-refractivity contribution is -0.139. The highest BCUT2D eigenvalue weighted by atomic mass is 16.5. The van der Waals surface area contributed by atoms with Crippen LogP contribution in [0.2, 0.25) is 0 Å². The van der Waals surface area contributed by atoms with Gasteiger partial charge in [0.1, 0.15) is 5.82 Å². The number of urea groups is 1. The van der Waals surface area contributed by atoms with Gasteiger partial charge in [-0.05, 0) is 19.4 Å². The first kappa shape index (κ1) is 18.4. The van der Waals surface area contributed by atoms with E-state index in [9.17, 15) is 9.59 Å². The summed E-state index contributed by atoms with van der Waals surface area (Å²) >= 11 is 0. The Morgan fingerprint density at radius 2 is 2.00 bits per heavy atom. The molecule has 27 heavy (non-hydrogen) atoms. The van der Waals surface area contributed by atoms with Gasteiger partial charge in [0.2, 0.25) is 0 Å². The first-order valence-corrected chi connectivity index (χ1v) is 8.51. The van der Waals surface area contributed by atoms with Crippen LogP contribution in [0.5, 0.6) is 0 Å². The van der Waals surface area contributed by atoms with Crippen LogP contribution in [-0.2, 0) is 16.0 Å². The van der Waals surface area contributed by atoms with Crippen molar-refractivity contribution in [3.05, 3.63) is 53.3 Å². The number of aromatic nitrogens is 3. The third-order valence-electron chi connectivity index (χ3n) is 4.23. The van der Waals surface area contributed by atoms with Crippen LogP contribution in [0.3, 0.4) is 0 Å². The Kier molecular flexibility index (Phi) is 5.35. The maximum atomic E-state index is 12.3. The Balaban J connectivity index is 1.73. The van der Waals surface area contributed by atoms with Gasteiger partial charge in [-0.2, -0.15) is 5.10 Å². The molecule has 0 spiro atoms. The topological polar surface area (TPSA) is 109 Å². The lowest BCUT2D eigenvalue weighted by Gasteiger charge is -2.15. The van der Waals surface area contributed by atoms with E-state index < -0.39 is 0 Å². The second-order valence-corrected chi connectivity index (χ2v) is 6.17. The van der Waals surface area contributed by atoms with E-state index in [4.69, 9.17) is 0 Å². The number of pyridine rings is 1. The molecule has 0 fully saturated rings. The first-order chi connectivity index (χ1) is 13.0. The maximum Gasteiger partial charge on any atom is 0.320 e. The molecule has 3 aromatic rings. The lowest BCUT2D eigenvalue weighted by Crippen LogP contribution is -2.31.